The predicted octanol–water partition coefficient (Wildman–Crippen LogP) is 3.77. The summed E-state index contributed by atoms with van der Waals surface area (Å²) >= 11 is 0. The average molecular weight is 263 g/mol. The van der Waals surface area contributed by atoms with Gasteiger partial charge in [0.05, 0.1) is 11.7 Å². The smallest absolute Gasteiger partial charge is 0.0762 e. The summed E-state index contributed by atoms with van der Waals surface area (Å²) in [7, 11) is 0. The van der Waals surface area contributed by atoms with Crippen molar-refractivity contribution in [1.29, 1.82) is 0 Å². The highest BCUT2D eigenvalue weighted by atomic mass is 15.3. The van der Waals surface area contributed by atoms with Gasteiger partial charge in [0, 0.05) is 12.7 Å². The molecule has 1 N–H and O–H groups in total. The zero-order valence-electron chi connectivity index (χ0n) is 12.7. The molecule has 0 aliphatic heterocycles. The SMILES string of the molecule is CCC(CC)n1ccc(CNCC2CCC(C)C2)n1. The van der Waals surface area contributed by atoms with E-state index in [1.165, 1.54) is 25.0 Å². The summed E-state index contributed by atoms with van der Waals surface area (Å²) in [4.78, 5) is 0. The van der Waals surface area contributed by atoms with E-state index in [4.69, 9.17) is 0 Å². The van der Waals surface area contributed by atoms with Gasteiger partial charge in [-0.05, 0) is 50.1 Å². The lowest BCUT2D eigenvalue weighted by Crippen LogP contribution is -2.21. The topological polar surface area (TPSA) is 29.9 Å². The molecular weight excluding hydrogens is 234 g/mol. The normalized spacial score (nSPS) is 23.4. The van der Waals surface area contributed by atoms with Crippen LogP contribution in [0.25, 0.3) is 0 Å². The molecule has 108 valence electrons. The number of hydrogen-bond acceptors (Lipinski definition) is 2. The van der Waals surface area contributed by atoms with Gasteiger partial charge < -0.3 is 5.32 Å². The standard InChI is InChI=1S/C16H29N3/c1-4-16(5-2)19-9-8-15(18-19)12-17-11-14-7-6-13(3)10-14/h8-9,13-14,16-17H,4-7,10-12H2,1-3H3. The van der Waals surface area contributed by atoms with Gasteiger partial charge in [-0.2, -0.15) is 5.10 Å². The van der Waals surface area contributed by atoms with Crippen molar-refractivity contribution in [2.75, 3.05) is 6.54 Å². The van der Waals surface area contributed by atoms with Crippen molar-refractivity contribution in [2.45, 2.75) is 65.5 Å². The Morgan fingerprint density at radius 2 is 2.16 bits per heavy atom. The van der Waals surface area contributed by atoms with Crippen LogP contribution in [-0.4, -0.2) is 16.3 Å². The van der Waals surface area contributed by atoms with Gasteiger partial charge in [0.25, 0.3) is 0 Å². The molecule has 1 heterocycles. The van der Waals surface area contributed by atoms with Crippen molar-refractivity contribution in [3.63, 3.8) is 0 Å². The Labute approximate surface area is 117 Å². The highest BCUT2D eigenvalue weighted by molar-refractivity contribution is 4.99. The molecule has 1 aromatic rings. The Morgan fingerprint density at radius 3 is 2.79 bits per heavy atom. The minimum atomic E-state index is 0.560. The minimum Gasteiger partial charge on any atom is -0.311 e. The van der Waals surface area contributed by atoms with E-state index in [0.29, 0.717) is 6.04 Å². The van der Waals surface area contributed by atoms with Gasteiger partial charge in [0.15, 0.2) is 0 Å². The predicted molar refractivity (Wildman–Crippen MR) is 80.1 cm³/mol. The molecule has 2 rings (SSSR count). The molecule has 0 bridgehead atoms. The lowest BCUT2D eigenvalue weighted by Gasteiger charge is -2.13. The first-order chi connectivity index (χ1) is 9.22. The zero-order chi connectivity index (χ0) is 13.7. The molecule has 0 radical (unpaired) electrons. The van der Waals surface area contributed by atoms with Gasteiger partial charge in [-0.25, -0.2) is 0 Å². The Balaban J connectivity index is 1.74. The van der Waals surface area contributed by atoms with E-state index in [1.807, 2.05) is 0 Å². The van der Waals surface area contributed by atoms with Crippen molar-refractivity contribution in [1.82, 2.24) is 15.1 Å². The minimum absolute atomic E-state index is 0.560. The summed E-state index contributed by atoms with van der Waals surface area (Å²) in [6.45, 7) is 8.90. The molecule has 1 aliphatic rings. The van der Waals surface area contributed by atoms with Crippen LogP contribution >= 0.6 is 0 Å². The summed E-state index contributed by atoms with van der Waals surface area (Å²) in [5.74, 6) is 1.82. The summed E-state index contributed by atoms with van der Waals surface area (Å²) < 4.78 is 2.13. The molecule has 0 spiro atoms. The Kier molecular flexibility index (Phi) is 5.44. The van der Waals surface area contributed by atoms with Crippen molar-refractivity contribution >= 4 is 0 Å². The fourth-order valence-corrected chi connectivity index (χ4v) is 3.25. The Hall–Kier alpha value is -0.830. The molecule has 0 aromatic carbocycles. The van der Waals surface area contributed by atoms with Gasteiger partial charge in [-0.1, -0.05) is 27.2 Å². The molecule has 0 amide bonds. The van der Waals surface area contributed by atoms with Crippen LogP contribution < -0.4 is 5.32 Å². The van der Waals surface area contributed by atoms with Crippen LogP contribution in [0.15, 0.2) is 12.3 Å². The number of hydrogen-bond donors (Lipinski definition) is 1. The van der Waals surface area contributed by atoms with Crippen molar-refractivity contribution < 1.29 is 0 Å². The molecular formula is C16H29N3. The van der Waals surface area contributed by atoms with Crippen molar-refractivity contribution in [2.24, 2.45) is 11.8 Å². The van der Waals surface area contributed by atoms with E-state index in [1.54, 1.807) is 0 Å². The molecule has 2 atom stereocenters. The maximum absolute atomic E-state index is 4.69. The highest BCUT2D eigenvalue weighted by Crippen LogP contribution is 2.29. The van der Waals surface area contributed by atoms with Crippen LogP contribution in [0.2, 0.25) is 0 Å². The van der Waals surface area contributed by atoms with E-state index < -0.39 is 0 Å². The summed E-state index contributed by atoms with van der Waals surface area (Å²) in [5, 5.41) is 8.26. The quantitative estimate of drug-likeness (QED) is 0.811. The first kappa shape index (κ1) is 14.6. The Bertz CT molecular complexity index is 368. The molecule has 0 saturated heterocycles. The average Bonchev–Trinajstić information content (AvgIpc) is 3.01. The molecule has 3 heteroatoms. The third kappa shape index (κ3) is 4.07. The first-order valence-corrected chi connectivity index (χ1v) is 7.97. The van der Waals surface area contributed by atoms with Crippen LogP contribution in [0.4, 0.5) is 0 Å². The summed E-state index contributed by atoms with van der Waals surface area (Å²) in [6.07, 6.45) is 8.66. The third-order valence-electron chi connectivity index (χ3n) is 4.52. The van der Waals surface area contributed by atoms with Crippen LogP contribution in [0.3, 0.4) is 0 Å². The largest absolute Gasteiger partial charge is 0.311 e. The van der Waals surface area contributed by atoms with E-state index >= 15 is 0 Å². The van der Waals surface area contributed by atoms with Gasteiger partial charge in [-0.15, -0.1) is 0 Å². The van der Waals surface area contributed by atoms with Crippen LogP contribution in [-0.2, 0) is 6.54 Å². The van der Waals surface area contributed by atoms with Gasteiger partial charge in [-0.3, -0.25) is 4.68 Å². The van der Waals surface area contributed by atoms with E-state index in [0.717, 1.165) is 37.8 Å². The van der Waals surface area contributed by atoms with E-state index in [9.17, 15) is 0 Å². The van der Waals surface area contributed by atoms with E-state index in [2.05, 4.69) is 48.1 Å². The summed E-state index contributed by atoms with van der Waals surface area (Å²) in [6, 6.07) is 2.72. The maximum Gasteiger partial charge on any atom is 0.0762 e. The number of aromatic nitrogens is 2. The number of nitrogens with zero attached hydrogens (tertiary/aromatic N) is 2. The fourth-order valence-electron chi connectivity index (χ4n) is 3.25. The highest BCUT2D eigenvalue weighted by Gasteiger charge is 2.20. The van der Waals surface area contributed by atoms with Crippen LogP contribution in [0.5, 0.6) is 0 Å². The first-order valence-electron chi connectivity index (χ1n) is 7.97. The molecule has 1 saturated carbocycles. The molecule has 1 aliphatic carbocycles. The lowest BCUT2D eigenvalue weighted by atomic mass is 10.1. The third-order valence-corrected chi connectivity index (χ3v) is 4.52. The van der Waals surface area contributed by atoms with Crippen LogP contribution in [0, 0.1) is 11.8 Å². The monoisotopic (exact) mass is 263 g/mol. The molecule has 1 aromatic heterocycles. The maximum atomic E-state index is 4.69. The van der Waals surface area contributed by atoms with Gasteiger partial charge >= 0.3 is 0 Å². The second-order valence-electron chi connectivity index (χ2n) is 6.17. The zero-order valence-corrected chi connectivity index (χ0v) is 12.7. The Morgan fingerprint density at radius 1 is 1.37 bits per heavy atom. The van der Waals surface area contributed by atoms with Gasteiger partial charge in [0.2, 0.25) is 0 Å². The van der Waals surface area contributed by atoms with Crippen molar-refractivity contribution in [3.05, 3.63) is 18.0 Å². The lowest BCUT2D eigenvalue weighted by molar-refractivity contribution is 0.421. The molecule has 1 fully saturated rings. The fraction of sp³-hybridized carbons (Fsp3) is 0.812. The van der Waals surface area contributed by atoms with E-state index in [-0.39, 0.29) is 0 Å². The second kappa shape index (κ2) is 7.09. The second-order valence-corrected chi connectivity index (χ2v) is 6.17. The van der Waals surface area contributed by atoms with Gasteiger partial charge in [0.1, 0.15) is 0 Å². The van der Waals surface area contributed by atoms with Crippen LogP contribution in [0.1, 0.15) is 64.6 Å². The summed E-state index contributed by atoms with van der Waals surface area (Å²) in [5.41, 5.74) is 1.18. The molecule has 19 heavy (non-hydrogen) atoms. The molecule has 2 unspecified atom stereocenters. The number of nitrogens with one attached hydrogen (secondary N) is 1. The molecule has 3 nitrogen and oxygen atoms in total. The number of rotatable bonds is 7. The van der Waals surface area contributed by atoms with Crippen molar-refractivity contribution in [3.8, 4) is 0 Å².